The molecule has 0 aliphatic carbocycles. The van der Waals surface area contributed by atoms with Crippen molar-refractivity contribution in [2.45, 2.75) is 0 Å². The van der Waals surface area contributed by atoms with Crippen molar-refractivity contribution < 1.29 is 9.18 Å². The third kappa shape index (κ3) is 2.88. The number of benzene rings is 2. The first-order valence-electron chi connectivity index (χ1n) is 8.12. The van der Waals surface area contributed by atoms with Gasteiger partial charge in [0.1, 0.15) is 5.82 Å². The zero-order valence-electron chi connectivity index (χ0n) is 13.5. The van der Waals surface area contributed by atoms with Gasteiger partial charge < -0.3 is 19.8 Å². The molecule has 2 N–H and O–H groups in total. The number of piperazine rings is 1. The fourth-order valence-electron chi connectivity index (χ4n) is 3.19. The Hall–Kier alpha value is -3.09. The van der Waals surface area contributed by atoms with Crippen molar-refractivity contribution in [2.75, 3.05) is 31.1 Å². The van der Waals surface area contributed by atoms with Gasteiger partial charge in [0.15, 0.2) is 0 Å². The van der Waals surface area contributed by atoms with Gasteiger partial charge in [0.05, 0.1) is 16.6 Å². The number of aromatic nitrogens is 2. The Morgan fingerprint density at radius 2 is 1.68 bits per heavy atom. The van der Waals surface area contributed by atoms with E-state index in [2.05, 4.69) is 14.9 Å². The van der Waals surface area contributed by atoms with E-state index >= 15 is 0 Å². The number of carbonyl (C=O) groups is 1. The molecule has 1 amide bonds. The third-order valence-electron chi connectivity index (χ3n) is 4.54. The predicted molar refractivity (Wildman–Crippen MR) is 93.4 cm³/mol. The van der Waals surface area contributed by atoms with Gasteiger partial charge in [-0.15, -0.1) is 0 Å². The number of nitrogens with one attached hydrogen (secondary N) is 2. The number of hydrogen-bond donors (Lipinski definition) is 2. The molecule has 1 saturated heterocycles. The molecule has 0 radical (unpaired) electrons. The molecule has 1 fully saturated rings. The first-order valence-corrected chi connectivity index (χ1v) is 8.12. The van der Waals surface area contributed by atoms with E-state index in [-0.39, 0.29) is 17.2 Å². The summed E-state index contributed by atoms with van der Waals surface area (Å²) in [6.07, 6.45) is 0. The highest BCUT2D eigenvalue weighted by Gasteiger charge is 2.24. The van der Waals surface area contributed by atoms with Crippen molar-refractivity contribution in [3.63, 3.8) is 0 Å². The topological polar surface area (TPSA) is 72.2 Å². The Labute approximate surface area is 142 Å². The highest BCUT2D eigenvalue weighted by Crippen LogP contribution is 2.21. The van der Waals surface area contributed by atoms with Crippen LogP contribution in [0.2, 0.25) is 0 Å². The molecule has 2 heterocycles. The minimum absolute atomic E-state index is 0.113. The van der Waals surface area contributed by atoms with Crippen molar-refractivity contribution in [3.8, 4) is 0 Å². The van der Waals surface area contributed by atoms with E-state index in [1.165, 1.54) is 12.1 Å². The van der Waals surface area contributed by atoms with Crippen LogP contribution in [0.25, 0.3) is 11.0 Å². The fourth-order valence-corrected chi connectivity index (χ4v) is 3.19. The zero-order valence-corrected chi connectivity index (χ0v) is 13.5. The van der Waals surface area contributed by atoms with Crippen LogP contribution >= 0.6 is 0 Å². The summed E-state index contributed by atoms with van der Waals surface area (Å²) in [4.78, 5) is 33.1. The van der Waals surface area contributed by atoms with Gasteiger partial charge >= 0.3 is 5.69 Å². The van der Waals surface area contributed by atoms with Crippen LogP contribution in [0.1, 0.15) is 10.4 Å². The van der Waals surface area contributed by atoms with Crippen LogP contribution in [0.5, 0.6) is 0 Å². The molecule has 0 spiro atoms. The van der Waals surface area contributed by atoms with Gasteiger partial charge in [0.25, 0.3) is 5.91 Å². The molecule has 25 heavy (non-hydrogen) atoms. The maximum absolute atomic E-state index is 13.8. The third-order valence-corrected chi connectivity index (χ3v) is 4.54. The number of rotatable bonds is 2. The zero-order chi connectivity index (χ0) is 17.4. The maximum atomic E-state index is 13.8. The molecular weight excluding hydrogens is 323 g/mol. The molecule has 4 rings (SSSR count). The normalized spacial score (nSPS) is 14.9. The van der Waals surface area contributed by atoms with Gasteiger partial charge in [-0.25, -0.2) is 9.18 Å². The minimum Gasteiger partial charge on any atom is -0.368 e. The summed E-state index contributed by atoms with van der Waals surface area (Å²) in [5, 5.41) is 0. The lowest BCUT2D eigenvalue weighted by atomic mass is 10.1. The Kier molecular flexibility index (Phi) is 3.76. The van der Waals surface area contributed by atoms with E-state index in [4.69, 9.17) is 0 Å². The average molecular weight is 340 g/mol. The molecule has 0 bridgehead atoms. The molecule has 1 aliphatic heterocycles. The van der Waals surface area contributed by atoms with E-state index in [1.807, 2.05) is 18.2 Å². The summed E-state index contributed by atoms with van der Waals surface area (Å²) in [5.41, 5.74) is 2.39. The number of imidazole rings is 1. The minimum atomic E-state index is -0.489. The van der Waals surface area contributed by atoms with Gasteiger partial charge in [0, 0.05) is 31.9 Å². The Morgan fingerprint density at radius 1 is 0.960 bits per heavy atom. The van der Waals surface area contributed by atoms with E-state index in [1.54, 1.807) is 17.0 Å². The number of nitrogens with zero attached hydrogens (tertiary/aromatic N) is 2. The summed E-state index contributed by atoms with van der Waals surface area (Å²) < 4.78 is 13.8. The SMILES string of the molecule is O=C(c1ccccc1F)N1CCN(c2ccc3[nH]c(=O)[nH]c3c2)CC1. The van der Waals surface area contributed by atoms with Crippen LogP contribution in [0.3, 0.4) is 0 Å². The van der Waals surface area contributed by atoms with Gasteiger partial charge in [-0.3, -0.25) is 4.79 Å². The summed E-state index contributed by atoms with van der Waals surface area (Å²) in [7, 11) is 0. The number of amides is 1. The Balaban J connectivity index is 1.48. The highest BCUT2D eigenvalue weighted by atomic mass is 19.1. The molecule has 3 aromatic rings. The van der Waals surface area contributed by atoms with Gasteiger partial charge in [-0.05, 0) is 30.3 Å². The molecule has 0 atom stereocenters. The summed E-state index contributed by atoms with van der Waals surface area (Å²) in [6, 6.07) is 11.8. The first-order chi connectivity index (χ1) is 12.1. The number of aromatic amines is 2. The first kappa shape index (κ1) is 15.4. The van der Waals surface area contributed by atoms with Crippen LogP contribution in [-0.2, 0) is 0 Å². The number of carbonyl (C=O) groups excluding carboxylic acids is 1. The fraction of sp³-hybridized carbons (Fsp3) is 0.222. The molecule has 6 nitrogen and oxygen atoms in total. The van der Waals surface area contributed by atoms with Gasteiger partial charge in [0.2, 0.25) is 0 Å². The predicted octanol–water partition coefficient (Wildman–Crippen LogP) is 1.96. The van der Waals surface area contributed by atoms with Crippen molar-refractivity contribution in [1.82, 2.24) is 14.9 Å². The molecule has 1 aromatic heterocycles. The Bertz CT molecular complexity index is 986. The van der Waals surface area contributed by atoms with Gasteiger partial charge in [-0.1, -0.05) is 12.1 Å². The quantitative estimate of drug-likeness (QED) is 0.749. The molecular formula is C18H17FN4O2. The summed E-state index contributed by atoms with van der Waals surface area (Å²) in [6.45, 7) is 2.35. The van der Waals surface area contributed by atoms with Crippen LogP contribution < -0.4 is 10.6 Å². The Morgan fingerprint density at radius 3 is 2.44 bits per heavy atom. The number of fused-ring (bicyclic) bond motifs is 1. The largest absolute Gasteiger partial charge is 0.368 e. The van der Waals surface area contributed by atoms with E-state index < -0.39 is 5.82 Å². The second-order valence-corrected chi connectivity index (χ2v) is 6.07. The smallest absolute Gasteiger partial charge is 0.323 e. The molecule has 0 unspecified atom stereocenters. The van der Waals surface area contributed by atoms with E-state index in [9.17, 15) is 14.0 Å². The number of H-pyrrole nitrogens is 2. The highest BCUT2D eigenvalue weighted by molar-refractivity contribution is 5.94. The second kappa shape index (κ2) is 6.08. The lowest BCUT2D eigenvalue weighted by Gasteiger charge is -2.36. The number of hydrogen-bond acceptors (Lipinski definition) is 3. The number of anilines is 1. The summed E-state index contributed by atoms with van der Waals surface area (Å²) >= 11 is 0. The average Bonchev–Trinajstić information content (AvgIpc) is 3.01. The molecule has 2 aromatic carbocycles. The van der Waals surface area contributed by atoms with Crippen molar-refractivity contribution >= 4 is 22.6 Å². The monoisotopic (exact) mass is 340 g/mol. The summed E-state index contributed by atoms with van der Waals surface area (Å²) in [5.74, 6) is -0.764. The van der Waals surface area contributed by atoms with Crippen molar-refractivity contribution in [3.05, 3.63) is 64.3 Å². The standard InChI is InChI=1S/C18H17FN4O2/c19-14-4-2-1-3-13(14)17(24)23-9-7-22(8-10-23)12-5-6-15-16(11-12)21-18(25)20-15/h1-6,11H,7-10H2,(H2,20,21,25). The second-order valence-electron chi connectivity index (χ2n) is 6.07. The maximum Gasteiger partial charge on any atom is 0.323 e. The van der Waals surface area contributed by atoms with Crippen LogP contribution in [0, 0.1) is 5.82 Å². The molecule has 0 saturated carbocycles. The van der Waals surface area contributed by atoms with Gasteiger partial charge in [-0.2, -0.15) is 0 Å². The van der Waals surface area contributed by atoms with Crippen LogP contribution in [0.4, 0.5) is 10.1 Å². The molecule has 1 aliphatic rings. The van der Waals surface area contributed by atoms with Crippen LogP contribution in [0.15, 0.2) is 47.3 Å². The molecule has 128 valence electrons. The van der Waals surface area contributed by atoms with Crippen molar-refractivity contribution in [2.24, 2.45) is 0 Å². The van der Waals surface area contributed by atoms with E-state index in [0.717, 1.165) is 16.7 Å². The molecule has 7 heteroatoms. The van der Waals surface area contributed by atoms with E-state index in [0.29, 0.717) is 26.2 Å². The van der Waals surface area contributed by atoms with Crippen molar-refractivity contribution in [1.29, 1.82) is 0 Å². The number of halogens is 1. The van der Waals surface area contributed by atoms with Crippen LogP contribution in [-0.4, -0.2) is 47.0 Å². The lowest BCUT2D eigenvalue weighted by molar-refractivity contribution is 0.0742. The lowest BCUT2D eigenvalue weighted by Crippen LogP contribution is -2.49.